The van der Waals surface area contributed by atoms with Crippen LogP contribution in [-0.2, 0) is 0 Å². The molecule has 0 radical (unpaired) electrons. The molecule has 0 spiro atoms. The van der Waals surface area contributed by atoms with Gasteiger partial charge in [0, 0.05) is 9.86 Å². The van der Waals surface area contributed by atoms with Gasteiger partial charge >= 0.3 is 0 Å². The molecular weight excluding hydrogens is 203 g/mol. The van der Waals surface area contributed by atoms with Crippen molar-refractivity contribution in [1.29, 1.82) is 0 Å². The van der Waals surface area contributed by atoms with Gasteiger partial charge in [-0.3, -0.25) is 0 Å². The Balaban J connectivity index is 2.94. The third-order valence-corrected chi connectivity index (χ3v) is 2.43. The maximum absolute atomic E-state index is 4.14. The van der Waals surface area contributed by atoms with Crippen LogP contribution in [0.25, 0.3) is 10.9 Å². The standard InChI is InChI=1S/C7H6BBrN2/c8-11-7-3-1-2-6(9)5(7)4-10-11/h1-4H,8H2. The van der Waals surface area contributed by atoms with Crippen LogP contribution in [0.15, 0.2) is 28.9 Å². The third-order valence-electron chi connectivity index (χ3n) is 1.74. The van der Waals surface area contributed by atoms with E-state index in [0.717, 1.165) is 15.4 Å². The van der Waals surface area contributed by atoms with Crippen molar-refractivity contribution in [3.63, 3.8) is 0 Å². The number of hydrogen-bond acceptors (Lipinski definition) is 1. The zero-order chi connectivity index (χ0) is 7.84. The highest BCUT2D eigenvalue weighted by molar-refractivity contribution is 9.10. The first kappa shape index (κ1) is 6.92. The molecule has 2 aromatic rings. The zero-order valence-electron chi connectivity index (χ0n) is 6.08. The zero-order valence-corrected chi connectivity index (χ0v) is 7.67. The van der Waals surface area contributed by atoms with E-state index in [2.05, 4.69) is 21.0 Å². The fourth-order valence-corrected chi connectivity index (χ4v) is 1.60. The highest BCUT2D eigenvalue weighted by atomic mass is 79.9. The molecule has 0 fully saturated rings. The Morgan fingerprint density at radius 2 is 2.27 bits per heavy atom. The number of rotatable bonds is 0. The summed E-state index contributed by atoms with van der Waals surface area (Å²) < 4.78 is 2.96. The first-order chi connectivity index (χ1) is 5.29. The number of hydrogen-bond donors (Lipinski definition) is 0. The summed E-state index contributed by atoms with van der Waals surface area (Å²) >= 11 is 3.46. The van der Waals surface area contributed by atoms with Crippen LogP contribution in [0.2, 0.25) is 0 Å². The van der Waals surface area contributed by atoms with E-state index in [-0.39, 0.29) is 0 Å². The van der Waals surface area contributed by atoms with E-state index < -0.39 is 0 Å². The van der Waals surface area contributed by atoms with Crippen molar-refractivity contribution in [3.8, 4) is 0 Å². The van der Waals surface area contributed by atoms with Crippen molar-refractivity contribution in [1.82, 2.24) is 9.69 Å². The van der Waals surface area contributed by atoms with Crippen molar-refractivity contribution >= 4 is 34.8 Å². The second kappa shape index (κ2) is 2.38. The molecule has 0 bridgehead atoms. The Bertz CT molecular complexity index is 396. The lowest BCUT2D eigenvalue weighted by molar-refractivity contribution is 1.02. The SMILES string of the molecule is Bn1ncc2c(Br)cccc21. The van der Waals surface area contributed by atoms with Crippen molar-refractivity contribution in [2.75, 3.05) is 0 Å². The van der Waals surface area contributed by atoms with Crippen molar-refractivity contribution < 1.29 is 0 Å². The minimum absolute atomic E-state index is 1.10. The first-order valence-electron chi connectivity index (χ1n) is 3.35. The molecular formula is C7H6BBrN2. The fraction of sp³-hybridized carbons (Fsp3) is 0. The molecule has 2 rings (SSSR count). The van der Waals surface area contributed by atoms with Crippen LogP contribution in [0, 0.1) is 0 Å². The van der Waals surface area contributed by atoms with Gasteiger partial charge in [0.2, 0.25) is 7.98 Å². The molecule has 2 nitrogen and oxygen atoms in total. The molecule has 0 N–H and O–H groups in total. The van der Waals surface area contributed by atoms with Crippen molar-refractivity contribution in [2.24, 2.45) is 0 Å². The highest BCUT2D eigenvalue weighted by Gasteiger charge is 2.00. The summed E-state index contributed by atoms with van der Waals surface area (Å²) in [7, 11) is 1.94. The molecule has 0 atom stereocenters. The quantitative estimate of drug-likeness (QED) is 0.595. The van der Waals surface area contributed by atoms with E-state index in [9.17, 15) is 0 Å². The molecule has 0 amide bonds. The second-order valence-corrected chi connectivity index (χ2v) is 3.30. The number of fused-ring (bicyclic) bond motifs is 1. The maximum atomic E-state index is 4.14. The van der Waals surface area contributed by atoms with E-state index in [1.54, 1.807) is 0 Å². The topological polar surface area (TPSA) is 17.8 Å². The Morgan fingerprint density at radius 3 is 3.00 bits per heavy atom. The largest absolute Gasteiger partial charge is 0.319 e. The average molecular weight is 209 g/mol. The Kier molecular flexibility index (Phi) is 1.49. The lowest BCUT2D eigenvalue weighted by Gasteiger charge is -1.94. The highest BCUT2D eigenvalue weighted by Crippen LogP contribution is 2.21. The van der Waals surface area contributed by atoms with E-state index >= 15 is 0 Å². The molecule has 0 aliphatic heterocycles. The van der Waals surface area contributed by atoms with Crippen molar-refractivity contribution in [3.05, 3.63) is 28.9 Å². The van der Waals surface area contributed by atoms with Gasteiger partial charge in [-0.05, 0) is 12.1 Å². The molecule has 0 aliphatic carbocycles. The molecule has 54 valence electrons. The Morgan fingerprint density at radius 1 is 1.45 bits per heavy atom. The maximum Gasteiger partial charge on any atom is 0.249 e. The number of nitrogens with zero attached hydrogens (tertiary/aromatic N) is 2. The van der Waals surface area contributed by atoms with Gasteiger partial charge < -0.3 is 4.59 Å². The molecule has 0 unspecified atom stereocenters. The molecule has 0 saturated heterocycles. The predicted octanol–water partition coefficient (Wildman–Crippen LogP) is 1.19. The lowest BCUT2D eigenvalue weighted by atomic mass is 10.2. The fourth-order valence-electron chi connectivity index (χ4n) is 1.14. The number of halogens is 1. The number of aromatic nitrogens is 2. The predicted molar refractivity (Wildman–Crippen MR) is 51.4 cm³/mol. The number of benzene rings is 1. The van der Waals surface area contributed by atoms with Crippen LogP contribution in [0.1, 0.15) is 0 Å². The van der Waals surface area contributed by atoms with Crippen LogP contribution >= 0.6 is 15.9 Å². The van der Waals surface area contributed by atoms with Gasteiger partial charge in [0.25, 0.3) is 0 Å². The first-order valence-corrected chi connectivity index (χ1v) is 4.14. The van der Waals surface area contributed by atoms with E-state index in [1.807, 2.05) is 37.0 Å². The van der Waals surface area contributed by atoms with Gasteiger partial charge in [-0.25, -0.2) is 0 Å². The minimum Gasteiger partial charge on any atom is -0.319 e. The molecule has 11 heavy (non-hydrogen) atoms. The summed E-state index contributed by atoms with van der Waals surface area (Å²) in [5, 5.41) is 5.31. The van der Waals surface area contributed by atoms with Gasteiger partial charge in [0.05, 0.1) is 11.7 Å². The van der Waals surface area contributed by atoms with Gasteiger partial charge in [-0.1, -0.05) is 22.0 Å². The Hall–Kier alpha value is -0.765. The summed E-state index contributed by atoms with van der Waals surface area (Å²) in [6, 6.07) is 6.07. The van der Waals surface area contributed by atoms with E-state index in [4.69, 9.17) is 0 Å². The van der Waals surface area contributed by atoms with Gasteiger partial charge in [-0.15, -0.1) is 0 Å². The van der Waals surface area contributed by atoms with E-state index in [0.29, 0.717) is 0 Å². The molecule has 1 aromatic carbocycles. The molecule has 0 saturated carbocycles. The van der Waals surface area contributed by atoms with Crippen LogP contribution in [0.5, 0.6) is 0 Å². The van der Waals surface area contributed by atoms with Gasteiger partial charge in [0.15, 0.2) is 0 Å². The molecule has 1 heterocycles. The van der Waals surface area contributed by atoms with Crippen LogP contribution in [0.3, 0.4) is 0 Å². The van der Waals surface area contributed by atoms with Gasteiger partial charge in [0.1, 0.15) is 0 Å². The molecule has 4 heteroatoms. The molecule has 1 aromatic heterocycles. The third kappa shape index (κ3) is 0.978. The summed E-state index contributed by atoms with van der Waals surface area (Å²) in [6.07, 6.45) is 1.86. The Labute approximate surface area is 73.8 Å². The van der Waals surface area contributed by atoms with Crippen LogP contribution in [0.4, 0.5) is 0 Å². The average Bonchev–Trinajstić information content (AvgIpc) is 2.35. The van der Waals surface area contributed by atoms with E-state index in [1.165, 1.54) is 0 Å². The van der Waals surface area contributed by atoms with Crippen LogP contribution < -0.4 is 0 Å². The lowest BCUT2D eigenvalue weighted by Crippen LogP contribution is -1.91. The normalized spacial score (nSPS) is 10.6. The van der Waals surface area contributed by atoms with Gasteiger partial charge in [-0.2, -0.15) is 5.10 Å². The summed E-state index contributed by atoms with van der Waals surface area (Å²) in [6.45, 7) is 0. The summed E-state index contributed by atoms with van der Waals surface area (Å²) in [4.78, 5) is 0. The second-order valence-electron chi connectivity index (χ2n) is 2.44. The summed E-state index contributed by atoms with van der Waals surface area (Å²) in [5.74, 6) is 0. The van der Waals surface area contributed by atoms with Crippen molar-refractivity contribution in [2.45, 2.75) is 0 Å². The van der Waals surface area contributed by atoms with Crippen LogP contribution in [-0.4, -0.2) is 17.7 Å². The monoisotopic (exact) mass is 208 g/mol. The smallest absolute Gasteiger partial charge is 0.249 e. The minimum atomic E-state index is 1.10. The molecule has 0 aliphatic rings. The summed E-state index contributed by atoms with van der Waals surface area (Å²) in [5.41, 5.74) is 1.15.